The third kappa shape index (κ3) is 4.19. The van der Waals surface area contributed by atoms with Gasteiger partial charge in [0.25, 0.3) is 0 Å². The molecule has 152 valence electrons. The average molecular weight is 393 g/mol. The minimum absolute atomic E-state index is 0.106. The van der Waals surface area contributed by atoms with Gasteiger partial charge in [0.2, 0.25) is 5.91 Å². The molecule has 4 nitrogen and oxygen atoms in total. The summed E-state index contributed by atoms with van der Waals surface area (Å²) in [7, 11) is 0. The van der Waals surface area contributed by atoms with E-state index >= 15 is 0 Å². The van der Waals surface area contributed by atoms with Gasteiger partial charge in [-0.3, -0.25) is 4.79 Å². The molecule has 0 spiro atoms. The van der Waals surface area contributed by atoms with Gasteiger partial charge < -0.3 is 15.6 Å². The number of fused-ring (bicyclic) bond motifs is 2. The molecule has 1 aromatic heterocycles. The molecule has 2 aromatic rings. The zero-order valence-electron chi connectivity index (χ0n) is 15.9. The Kier molecular flexibility index (Phi) is 5.12. The molecule has 1 aromatic carbocycles. The van der Waals surface area contributed by atoms with Crippen LogP contribution in [-0.2, 0) is 11.2 Å². The van der Waals surface area contributed by atoms with Crippen molar-refractivity contribution in [2.45, 2.75) is 51.2 Å². The van der Waals surface area contributed by atoms with Crippen LogP contribution in [0, 0.1) is 17.8 Å². The lowest BCUT2D eigenvalue weighted by molar-refractivity contribution is -0.141. The minimum atomic E-state index is -4.10. The van der Waals surface area contributed by atoms with Crippen molar-refractivity contribution in [1.82, 2.24) is 10.3 Å². The molecule has 2 heterocycles. The Morgan fingerprint density at radius 1 is 1.29 bits per heavy atom. The quantitative estimate of drug-likeness (QED) is 0.694. The number of rotatable bonds is 5. The molecule has 1 saturated carbocycles. The molecule has 7 heteroatoms. The Labute approximate surface area is 162 Å². The van der Waals surface area contributed by atoms with Crippen molar-refractivity contribution >= 4 is 22.5 Å². The first kappa shape index (κ1) is 19.3. The Hall–Kier alpha value is -2.02. The third-order valence-corrected chi connectivity index (χ3v) is 6.36. The van der Waals surface area contributed by atoms with Gasteiger partial charge in [-0.25, -0.2) is 0 Å². The molecule has 4 atom stereocenters. The van der Waals surface area contributed by atoms with Crippen molar-refractivity contribution in [1.29, 1.82) is 0 Å². The smallest absolute Gasteiger partial charge is 0.359 e. The monoisotopic (exact) mass is 393 g/mol. The lowest BCUT2D eigenvalue weighted by Crippen LogP contribution is -2.32. The van der Waals surface area contributed by atoms with Crippen molar-refractivity contribution in [2.24, 2.45) is 17.8 Å². The molecule has 1 aliphatic heterocycles. The van der Waals surface area contributed by atoms with Crippen LogP contribution in [0.15, 0.2) is 24.4 Å². The van der Waals surface area contributed by atoms with Crippen LogP contribution < -0.4 is 10.6 Å². The number of halogens is 3. The Morgan fingerprint density at radius 2 is 2.11 bits per heavy atom. The van der Waals surface area contributed by atoms with Crippen LogP contribution in [0.25, 0.3) is 10.9 Å². The maximum atomic E-state index is 12.8. The Bertz CT molecular complexity index is 860. The van der Waals surface area contributed by atoms with Crippen LogP contribution in [0.3, 0.4) is 0 Å². The predicted molar refractivity (Wildman–Crippen MR) is 103 cm³/mol. The van der Waals surface area contributed by atoms with Crippen LogP contribution in [0.1, 0.15) is 38.2 Å². The van der Waals surface area contributed by atoms with E-state index in [9.17, 15) is 18.0 Å². The van der Waals surface area contributed by atoms with E-state index in [-0.39, 0.29) is 11.8 Å². The number of carbonyl (C=O) groups excluding carboxylic acids is 1. The van der Waals surface area contributed by atoms with E-state index in [0.717, 1.165) is 48.8 Å². The standard InChI is InChI=1S/C21H26F3N3O/c1-12(28)27-20-11-26-18-5-4-13(7-17(18)20)2-3-14-6-15-10-25-19(16(15)8-14)9-21(22,23)24/h4-5,7,11,14-16,19,25-26H,2-3,6,8-10H2,1H3,(H,27,28)/t14-,15+,16-,19-/m1/s1. The summed E-state index contributed by atoms with van der Waals surface area (Å²) in [4.78, 5) is 14.5. The number of H-pyrrole nitrogens is 1. The molecule has 3 N–H and O–H groups in total. The van der Waals surface area contributed by atoms with Crippen molar-refractivity contribution in [2.75, 3.05) is 11.9 Å². The second-order valence-corrected chi connectivity index (χ2v) is 8.40. The number of nitrogens with one attached hydrogen (secondary N) is 3. The number of hydrogen-bond acceptors (Lipinski definition) is 2. The van der Waals surface area contributed by atoms with Crippen LogP contribution in [0.4, 0.5) is 18.9 Å². The second-order valence-electron chi connectivity index (χ2n) is 8.40. The minimum Gasteiger partial charge on any atom is -0.359 e. The van der Waals surface area contributed by atoms with Gasteiger partial charge in [-0.15, -0.1) is 0 Å². The van der Waals surface area contributed by atoms with Crippen molar-refractivity contribution in [3.8, 4) is 0 Å². The van der Waals surface area contributed by atoms with Crippen molar-refractivity contribution in [3.05, 3.63) is 30.0 Å². The highest BCUT2D eigenvalue weighted by Crippen LogP contribution is 2.45. The highest BCUT2D eigenvalue weighted by Gasteiger charge is 2.46. The van der Waals surface area contributed by atoms with Gasteiger partial charge >= 0.3 is 6.18 Å². The predicted octanol–water partition coefficient (Wildman–Crippen LogP) is 4.63. The molecular formula is C21H26F3N3O. The fourth-order valence-corrected chi connectivity index (χ4v) is 5.15. The van der Waals surface area contributed by atoms with Gasteiger partial charge in [0.15, 0.2) is 0 Å². The largest absolute Gasteiger partial charge is 0.390 e. The fourth-order valence-electron chi connectivity index (χ4n) is 5.15. The fraction of sp³-hybridized carbons (Fsp3) is 0.571. The molecule has 1 saturated heterocycles. The summed E-state index contributed by atoms with van der Waals surface area (Å²) in [5.74, 6) is 0.927. The maximum absolute atomic E-state index is 12.8. The number of anilines is 1. The van der Waals surface area contributed by atoms with E-state index in [1.54, 1.807) is 6.20 Å². The number of benzene rings is 1. The van der Waals surface area contributed by atoms with Gasteiger partial charge in [0.05, 0.1) is 12.1 Å². The number of aryl methyl sites for hydroxylation is 1. The molecule has 1 aliphatic carbocycles. The molecule has 0 radical (unpaired) electrons. The van der Waals surface area contributed by atoms with Gasteiger partial charge in [-0.2, -0.15) is 13.2 Å². The summed E-state index contributed by atoms with van der Waals surface area (Å²) in [6.45, 7) is 2.21. The highest BCUT2D eigenvalue weighted by atomic mass is 19.4. The number of carbonyl (C=O) groups is 1. The highest BCUT2D eigenvalue weighted by molar-refractivity contribution is 6.01. The molecular weight excluding hydrogens is 367 g/mol. The summed E-state index contributed by atoms with van der Waals surface area (Å²) in [5, 5.41) is 6.92. The van der Waals surface area contributed by atoms with Crippen molar-refractivity contribution < 1.29 is 18.0 Å². The number of aromatic nitrogens is 1. The zero-order chi connectivity index (χ0) is 19.9. The van der Waals surface area contributed by atoms with Gasteiger partial charge in [-0.05, 0) is 67.7 Å². The van der Waals surface area contributed by atoms with Gasteiger partial charge in [0.1, 0.15) is 0 Å². The van der Waals surface area contributed by atoms with E-state index in [2.05, 4.69) is 27.8 Å². The lowest BCUT2D eigenvalue weighted by Gasteiger charge is -2.20. The van der Waals surface area contributed by atoms with Gasteiger partial charge in [0, 0.05) is 30.1 Å². The summed E-state index contributed by atoms with van der Waals surface area (Å²) < 4.78 is 38.3. The average Bonchev–Trinajstić information content (AvgIpc) is 3.28. The second kappa shape index (κ2) is 7.43. The molecule has 4 rings (SSSR count). The van der Waals surface area contributed by atoms with E-state index in [1.165, 1.54) is 12.5 Å². The number of aromatic amines is 1. The maximum Gasteiger partial charge on any atom is 0.390 e. The van der Waals surface area contributed by atoms with E-state index < -0.39 is 18.6 Å². The summed E-state index contributed by atoms with van der Waals surface area (Å²) in [5.41, 5.74) is 2.95. The SMILES string of the molecule is CC(=O)Nc1c[nH]c2ccc(CC[C@@H]3C[C@H]4CN[C@H](CC(F)(F)F)[C@@H]4C3)cc12. The normalized spacial score (nSPS) is 27.3. The first-order chi connectivity index (χ1) is 13.3. The summed E-state index contributed by atoms with van der Waals surface area (Å²) in [6.07, 6.45) is 0.803. The number of amides is 1. The molecule has 0 unspecified atom stereocenters. The zero-order valence-corrected chi connectivity index (χ0v) is 15.9. The molecule has 2 aliphatic rings. The van der Waals surface area contributed by atoms with Crippen molar-refractivity contribution in [3.63, 3.8) is 0 Å². The summed E-state index contributed by atoms with van der Waals surface area (Å²) >= 11 is 0. The van der Waals surface area contributed by atoms with Crippen LogP contribution in [0.2, 0.25) is 0 Å². The molecule has 28 heavy (non-hydrogen) atoms. The van der Waals surface area contributed by atoms with E-state index in [4.69, 9.17) is 0 Å². The first-order valence-electron chi connectivity index (χ1n) is 9.96. The molecule has 1 amide bonds. The first-order valence-corrected chi connectivity index (χ1v) is 9.96. The van der Waals surface area contributed by atoms with E-state index in [0.29, 0.717) is 11.8 Å². The molecule has 0 bridgehead atoms. The van der Waals surface area contributed by atoms with Crippen LogP contribution in [-0.4, -0.2) is 29.7 Å². The Balaban J connectivity index is 1.37. The number of alkyl halides is 3. The Morgan fingerprint density at radius 3 is 2.86 bits per heavy atom. The van der Waals surface area contributed by atoms with Gasteiger partial charge in [-0.1, -0.05) is 6.07 Å². The number of hydrogen-bond donors (Lipinski definition) is 3. The topological polar surface area (TPSA) is 56.9 Å². The third-order valence-electron chi connectivity index (χ3n) is 6.36. The summed E-state index contributed by atoms with van der Waals surface area (Å²) in [6, 6.07) is 5.79. The van der Waals surface area contributed by atoms with E-state index in [1.807, 2.05) is 6.07 Å². The molecule has 2 fully saturated rings. The van der Waals surface area contributed by atoms with Crippen LogP contribution >= 0.6 is 0 Å². The van der Waals surface area contributed by atoms with Crippen LogP contribution in [0.5, 0.6) is 0 Å². The lowest BCUT2D eigenvalue weighted by atomic mass is 9.91.